The third-order valence-electron chi connectivity index (χ3n) is 8.41. The summed E-state index contributed by atoms with van der Waals surface area (Å²) in [5.74, 6) is 17.7. The first kappa shape index (κ1) is 20.8. The van der Waals surface area contributed by atoms with Gasteiger partial charge in [0.25, 0.3) is 0 Å². The molecule has 0 aromatic rings. The predicted molar refractivity (Wildman–Crippen MR) is 117 cm³/mol. The van der Waals surface area contributed by atoms with Crippen LogP contribution < -0.4 is 0 Å². The van der Waals surface area contributed by atoms with Gasteiger partial charge in [-0.1, -0.05) is 77.1 Å². The normalized spacial score (nSPS) is 39.6. The average molecular weight is 367 g/mol. The van der Waals surface area contributed by atoms with Gasteiger partial charge >= 0.3 is 0 Å². The Hall–Kier alpha value is -0.880. The summed E-state index contributed by atoms with van der Waals surface area (Å²) in [5.41, 5.74) is 0.292. The Morgan fingerprint density at radius 1 is 0.667 bits per heavy atom. The van der Waals surface area contributed by atoms with E-state index in [1.54, 1.807) is 0 Å². The molecule has 0 heterocycles. The Labute approximate surface area is 169 Å². The van der Waals surface area contributed by atoms with E-state index in [9.17, 15) is 0 Å². The lowest BCUT2D eigenvalue weighted by atomic mass is 9.59. The second-order valence-corrected chi connectivity index (χ2v) is 10.4. The van der Waals surface area contributed by atoms with Gasteiger partial charge in [0, 0.05) is 5.41 Å². The molecule has 0 bridgehead atoms. The predicted octanol–water partition coefficient (Wildman–Crippen LogP) is 7.62. The van der Waals surface area contributed by atoms with Gasteiger partial charge in [0.05, 0.1) is 0 Å². The molecule has 3 rings (SSSR count). The second kappa shape index (κ2) is 10.1. The molecule has 3 fully saturated rings. The zero-order valence-corrected chi connectivity index (χ0v) is 18.3. The molecule has 0 amide bonds. The van der Waals surface area contributed by atoms with Crippen LogP contribution in [0.2, 0.25) is 0 Å². The molecule has 0 unspecified atom stereocenters. The molecule has 0 spiro atoms. The highest BCUT2D eigenvalue weighted by atomic mass is 14.4. The lowest BCUT2D eigenvalue weighted by molar-refractivity contribution is 0.0902. The summed E-state index contributed by atoms with van der Waals surface area (Å²) >= 11 is 0. The maximum absolute atomic E-state index is 3.71. The van der Waals surface area contributed by atoms with E-state index in [2.05, 4.69) is 37.5 Å². The molecule has 0 atom stereocenters. The summed E-state index contributed by atoms with van der Waals surface area (Å²) in [6.07, 6.45) is 20.2. The molecule has 0 nitrogen and oxygen atoms in total. The molecule has 0 radical (unpaired) electrons. The maximum Gasteiger partial charge on any atom is 0.0353 e. The third kappa shape index (κ3) is 5.80. The quantitative estimate of drug-likeness (QED) is 0.449. The van der Waals surface area contributed by atoms with E-state index in [4.69, 9.17) is 0 Å². The lowest BCUT2D eigenvalue weighted by Crippen LogP contribution is -2.36. The first-order chi connectivity index (χ1) is 13.1. The Bertz CT molecular complexity index is 553. The van der Waals surface area contributed by atoms with Crippen molar-refractivity contribution in [3.05, 3.63) is 0 Å². The molecule has 3 aliphatic rings. The number of hydrogen-bond donors (Lipinski definition) is 0. The molecule has 0 saturated heterocycles. The molecule has 0 aromatic carbocycles. The van der Waals surface area contributed by atoms with Crippen molar-refractivity contribution >= 4 is 0 Å². The largest absolute Gasteiger partial charge is 0.0925 e. The van der Waals surface area contributed by atoms with Crippen LogP contribution in [0.5, 0.6) is 0 Å². The van der Waals surface area contributed by atoms with E-state index in [1.807, 2.05) is 6.92 Å². The third-order valence-corrected chi connectivity index (χ3v) is 8.41. The summed E-state index contributed by atoms with van der Waals surface area (Å²) in [6.45, 7) is 6.77. The Morgan fingerprint density at radius 2 is 1.19 bits per heavy atom. The number of rotatable bonds is 4. The molecular weight excluding hydrogens is 324 g/mol. The van der Waals surface area contributed by atoms with E-state index >= 15 is 0 Å². The van der Waals surface area contributed by atoms with E-state index < -0.39 is 0 Å². The van der Waals surface area contributed by atoms with E-state index in [-0.39, 0.29) is 0 Å². The lowest BCUT2D eigenvalue weighted by Gasteiger charge is -2.44. The zero-order valence-electron chi connectivity index (χ0n) is 18.3. The Morgan fingerprint density at radius 3 is 1.74 bits per heavy atom. The van der Waals surface area contributed by atoms with Crippen LogP contribution in [0.4, 0.5) is 0 Å². The van der Waals surface area contributed by atoms with Gasteiger partial charge in [0.15, 0.2) is 0 Å². The van der Waals surface area contributed by atoms with Crippen LogP contribution in [0, 0.1) is 58.7 Å². The van der Waals surface area contributed by atoms with Gasteiger partial charge in [-0.05, 0) is 86.9 Å². The van der Waals surface area contributed by atoms with Gasteiger partial charge < -0.3 is 0 Å². The van der Waals surface area contributed by atoms with Crippen molar-refractivity contribution in [2.45, 2.75) is 111 Å². The smallest absolute Gasteiger partial charge is 0.0353 e. The van der Waals surface area contributed by atoms with Crippen LogP contribution in [0.15, 0.2) is 0 Å². The minimum Gasteiger partial charge on any atom is -0.0925 e. The standard InChI is InChI=1S/C27H42/c1-4-5-6-19-27(20-17-23(3)18-21-27)26-15-13-25(14-16-26)12-11-24-9-7-22(2)8-10-24/h22-26H,7-18,20-21H2,1-3H3. The molecule has 3 saturated carbocycles. The molecule has 27 heavy (non-hydrogen) atoms. The SMILES string of the molecule is CC#CC#CC1(C2CCC(CCC3CCC(C)CC3)CC2)CCC(C)CC1. The first-order valence-corrected chi connectivity index (χ1v) is 12.0. The first-order valence-electron chi connectivity index (χ1n) is 12.0. The van der Waals surface area contributed by atoms with E-state index in [0.29, 0.717) is 5.41 Å². The van der Waals surface area contributed by atoms with Crippen LogP contribution in [0.1, 0.15) is 111 Å². The van der Waals surface area contributed by atoms with Gasteiger partial charge in [-0.3, -0.25) is 0 Å². The van der Waals surface area contributed by atoms with Crippen molar-refractivity contribution in [2.24, 2.45) is 35.0 Å². The summed E-state index contributed by atoms with van der Waals surface area (Å²) in [5, 5.41) is 0. The molecule has 150 valence electrons. The van der Waals surface area contributed by atoms with Gasteiger partial charge in [-0.15, -0.1) is 0 Å². The minimum absolute atomic E-state index is 0.292. The second-order valence-electron chi connectivity index (χ2n) is 10.4. The fourth-order valence-corrected chi connectivity index (χ4v) is 6.22. The van der Waals surface area contributed by atoms with Crippen LogP contribution in [0.3, 0.4) is 0 Å². The molecule has 0 heteroatoms. The Balaban J connectivity index is 1.50. The van der Waals surface area contributed by atoms with E-state index in [0.717, 1.165) is 29.6 Å². The van der Waals surface area contributed by atoms with Crippen molar-refractivity contribution in [3.8, 4) is 23.7 Å². The van der Waals surface area contributed by atoms with Crippen molar-refractivity contribution in [1.29, 1.82) is 0 Å². The van der Waals surface area contributed by atoms with Gasteiger partial charge in [0.2, 0.25) is 0 Å². The van der Waals surface area contributed by atoms with Gasteiger partial charge in [0.1, 0.15) is 0 Å². The molecule has 0 aromatic heterocycles. The van der Waals surface area contributed by atoms with Crippen molar-refractivity contribution in [3.63, 3.8) is 0 Å². The summed E-state index contributed by atoms with van der Waals surface area (Å²) in [6, 6.07) is 0. The van der Waals surface area contributed by atoms with E-state index in [1.165, 1.54) is 89.9 Å². The topological polar surface area (TPSA) is 0 Å². The molecule has 0 aliphatic heterocycles. The molecule has 3 aliphatic carbocycles. The van der Waals surface area contributed by atoms with Crippen molar-refractivity contribution in [2.75, 3.05) is 0 Å². The number of hydrogen-bond acceptors (Lipinski definition) is 0. The van der Waals surface area contributed by atoms with Gasteiger partial charge in [-0.25, -0.2) is 0 Å². The zero-order chi connectivity index (χ0) is 19.1. The van der Waals surface area contributed by atoms with Crippen LogP contribution >= 0.6 is 0 Å². The summed E-state index contributed by atoms with van der Waals surface area (Å²) in [7, 11) is 0. The maximum atomic E-state index is 3.71. The fraction of sp³-hybridized carbons (Fsp3) is 0.852. The van der Waals surface area contributed by atoms with Crippen LogP contribution in [-0.4, -0.2) is 0 Å². The highest BCUT2D eigenvalue weighted by Gasteiger charge is 2.41. The summed E-state index contributed by atoms with van der Waals surface area (Å²) < 4.78 is 0. The minimum atomic E-state index is 0.292. The van der Waals surface area contributed by atoms with Crippen LogP contribution in [0.25, 0.3) is 0 Å². The Kier molecular flexibility index (Phi) is 7.76. The highest BCUT2D eigenvalue weighted by molar-refractivity contribution is 5.29. The molecule has 0 N–H and O–H groups in total. The van der Waals surface area contributed by atoms with Crippen molar-refractivity contribution < 1.29 is 0 Å². The fourth-order valence-electron chi connectivity index (χ4n) is 6.22. The highest BCUT2D eigenvalue weighted by Crippen LogP contribution is 2.50. The van der Waals surface area contributed by atoms with Crippen molar-refractivity contribution in [1.82, 2.24) is 0 Å². The van der Waals surface area contributed by atoms with Crippen LogP contribution in [-0.2, 0) is 0 Å². The monoisotopic (exact) mass is 366 g/mol. The average Bonchev–Trinajstić information content (AvgIpc) is 2.70. The summed E-state index contributed by atoms with van der Waals surface area (Å²) in [4.78, 5) is 0. The molecular formula is C27H42. The van der Waals surface area contributed by atoms with Gasteiger partial charge in [-0.2, -0.15) is 0 Å².